The molecular weight excluding hydrogens is 402 g/mol. The van der Waals surface area contributed by atoms with E-state index in [2.05, 4.69) is 21.7 Å². The molecule has 182 valence electrons. The Labute approximate surface area is 196 Å². The largest absolute Gasteiger partial charge is 0.467 e. The minimum Gasteiger partial charge on any atom is -0.467 e. The third-order valence-corrected chi connectivity index (χ3v) is 5.67. The average Bonchev–Trinajstić information content (AvgIpc) is 2.83. The topological polar surface area (TPSA) is 68.8 Å². The first-order valence-corrected chi connectivity index (χ1v) is 12.8. The summed E-state index contributed by atoms with van der Waals surface area (Å²) >= 11 is 0. The van der Waals surface area contributed by atoms with Gasteiger partial charge in [0.1, 0.15) is 6.10 Å². The Kier molecular flexibility index (Phi) is 18.7. The fourth-order valence-electron chi connectivity index (χ4n) is 3.69. The van der Waals surface area contributed by atoms with Gasteiger partial charge in [0.05, 0.1) is 19.4 Å². The van der Waals surface area contributed by atoms with Gasteiger partial charge in [0.25, 0.3) is 11.7 Å². The van der Waals surface area contributed by atoms with Gasteiger partial charge in [-0.15, -0.1) is 4.98 Å². The fraction of sp³-hybridized carbons (Fsp3) is 0.808. The van der Waals surface area contributed by atoms with E-state index in [1.54, 1.807) is 0 Å². The van der Waals surface area contributed by atoms with Gasteiger partial charge >= 0.3 is 0 Å². The summed E-state index contributed by atoms with van der Waals surface area (Å²) in [5.74, 6) is 0.514. The van der Waals surface area contributed by atoms with Crippen molar-refractivity contribution in [2.45, 2.75) is 116 Å². The summed E-state index contributed by atoms with van der Waals surface area (Å²) in [6.07, 6.45) is 23.9. The number of hydrogen-bond acceptors (Lipinski definition) is 5. The third kappa shape index (κ3) is 16.0. The Morgan fingerprint density at radius 2 is 1.34 bits per heavy atom. The lowest BCUT2D eigenvalue weighted by molar-refractivity contribution is 0.0166. The molecule has 0 amide bonds. The molecule has 0 aliphatic rings. The quantitative estimate of drug-likeness (QED) is 0.152. The number of aliphatic hydroxyl groups is 1. The minimum absolute atomic E-state index is 0.148. The summed E-state index contributed by atoms with van der Waals surface area (Å²) < 4.78 is 11.2. The number of aliphatic hydroxyl groups excluding tert-OH is 1. The highest BCUT2D eigenvalue weighted by Gasteiger charge is 2.11. The lowest BCUT2D eigenvalue weighted by Crippen LogP contribution is -2.27. The normalized spacial score (nSPS) is 11.9. The second-order valence-corrected chi connectivity index (χ2v) is 8.63. The molecular formula is C26H45N3O3. The number of ether oxygens (including phenoxy) is 2. The van der Waals surface area contributed by atoms with Crippen molar-refractivity contribution >= 4 is 5.82 Å². The van der Waals surface area contributed by atoms with Crippen LogP contribution in [-0.4, -0.2) is 41.0 Å². The van der Waals surface area contributed by atoms with Crippen molar-refractivity contribution in [3.63, 3.8) is 0 Å². The van der Waals surface area contributed by atoms with E-state index in [1.165, 1.54) is 109 Å². The Morgan fingerprint density at radius 1 is 0.812 bits per heavy atom. The van der Waals surface area contributed by atoms with E-state index in [9.17, 15) is 5.11 Å². The molecule has 1 atom stereocenters. The van der Waals surface area contributed by atoms with Crippen LogP contribution in [0.2, 0.25) is 0 Å². The third-order valence-electron chi connectivity index (χ3n) is 5.67. The summed E-state index contributed by atoms with van der Waals surface area (Å²) in [6, 6.07) is 0. The molecule has 6 nitrogen and oxygen atoms in total. The molecule has 32 heavy (non-hydrogen) atoms. The van der Waals surface area contributed by atoms with Crippen molar-refractivity contribution in [3.8, 4) is 5.88 Å². The summed E-state index contributed by atoms with van der Waals surface area (Å²) in [6.45, 7) is 10.00. The highest BCUT2D eigenvalue weighted by Crippen LogP contribution is 2.14. The summed E-state index contributed by atoms with van der Waals surface area (Å²) in [4.78, 5) is 11.1. The van der Waals surface area contributed by atoms with Crippen molar-refractivity contribution in [2.75, 3.05) is 19.8 Å². The predicted molar refractivity (Wildman–Crippen MR) is 130 cm³/mol. The molecule has 0 radical (unpaired) electrons. The maximum Gasteiger partial charge on any atom is 0.288 e. The molecule has 0 aliphatic carbocycles. The fourth-order valence-corrected chi connectivity index (χ4v) is 3.69. The van der Waals surface area contributed by atoms with Crippen LogP contribution in [0.1, 0.15) is 110 Å². The Bertz CT molecular complexity index is 575. The van der Waals surface area contributed by atoms with Crippen LogP contribution in [0.25, 0.3) is 4.85 Å². The second-order valence-electron chi connectivity index (χ2n) is 8.63. The number of rotatable bonds is 22. The summed E-state index contributed by atoms with van der Waals surface area (Å²) in [7, 11) is 0. The average molecular weight is 448 g/mol. The molecule has 0 unspecified atom stereocenters. The number of hydrogen-bond donors (Lipinski definition) is 1. The van der Waals surface area contributed by atoms with E-state index in [0.29, 0.717) is 19.1 Å². The van der Waals surface area contributed by atoms with E-state index in [4.69, 9.17) is 16.0 Å². The molecule has 0 saturated heterocycles. The van der Waals surface area contributed by atoms with Gasteiger partial charge in [-0.25, -0.2) is 4.98 Å². The van der Waals surface area contributed by atoms with Gasteiger partial charge in [-0.2, -0.15) is 0 Å². The highest BCUT2D eigenvalue weighted by atomic mass is 16.5. The molecule has 1 aromatic heterocycles. The molecule has 0 fully saturated rings. The molecule has 0 spiro atoms. The van der Waals surface area contributed by atoms with Crippen LogP contribution in [0.3, 0.4) is 0 Å². The van der Waals surface area contributed by atoms with Gasteiger partial charge in [0.15, 0.2) is 6.20 Å². The van der Waals surface area contributed by atoms with E-state index >= 15 is 0 Å². The van der Waals surface area contributed by atoms with Crippen molar-refractivity contribution < 1.29 is 14.6 Å². The van der Waals surface area contributed by atoms with Crippen LogP contribution in [0, 0.1) is 6.57 Å². The van der Waals surface area contributed by atoms with E-state index in [-0.39, 0.29) is 12.4 Å². The molecule has 1 heterocycles. The van der Waals surface area contributed by atoms with Crippen molar-refractivity contribution in [1.82, 2.24) is 9.97 Å². The van der Waals surface area contributed by atoms with Gasteiger partial charge in [-0.1, -0.05) is 110 Å². The van der Waals surface area contributed by atoms with Gasteiger partial charge in [0, 0.05) is 6.61 Å². The van der Waals surface area contributed by atoms with Crippen molar-refractivity contribution in [3.05, 3.63) is 23.8 Å². The lowest BCUT2D eigenvalue weighted by Gasteiger charge is -2.15. The molecule has 1 N–H and O–H groups in total. The van der Waals surface area contributed by atoms with Crippen LogP contribution in [-0.2, 0) is 4.74 Å². The van der Waals surface area contributed by atoms with Crippen molar-refractivity contribution in [2.24, 2.45) is 0 Å². The van der Waals surface area contributed by atoms with E-state index < -0.39 is 6.10 Å². The summed E-state index contributed by atoms with van der Waals surface area (Å²) in [5, 5.41) is 9.43. The zero-order valence-corrected chi connectivity index (χ0v) is 20.3. The van der Waals surface area contributed by atoms with Crippen LogP contribution in [0.5, 0.6) is 5.88 Å². The highest BCUT2D eigenvalue weighted by molar-refractivity contribution is 5.32. The van der Waals surface area contributed by atoms with Crippen LogP contribution < -0.4 is 4.74 Å². The first-order valence-electron chi connectivity index (χ1n) is 12.8. The molecule has 0 aromatic carbocycles. The molecule has 0 aliphatic heterocycles. The maximum atomic E-state index is 9.43. The first kappa shape index (κ1) is 28.3. The SMILES string of the molecule is [C-]#[N+]c1cnc(O[C@@H](CO)COCCCCCCCCCCCCCCCCCC)cn1. The monoisotopic (exact) mass is 447 g/mol. The number of unbranched alkanes of at least 4 members (excludes halogenated alkanes) is 15. The molecule has 1 aromatic rings. The van der Waals surface area contributed by atoms with Crippen LogP contribution >= 0.6 is 0 Å². The molecule has 0 bridgehead atoms. The first-order chi connectivity index (χ1) is 15.8. The standard InChI is InChI=1S/C26H45N3O3/c1-3-4-5-6-7-8-9-10-11-12-13-14-15-16-17-18-19-31-23-24(22-30)32-26-21-28-25(27-2)20-29-26/h20-21,24,30H,3-19,22-23H2,1H3/t24-/m0/s1. The van der Waals surface area contributed by atoms with Gasteiger partial charge < -0.3 is 19.4 Å². The van der Waals surface area contributed by atoms with Gasteiger partial charge in [-0.3, -0.25) is 0 Å². The smallest absolute Gasteiger partial charge is 0.288 e. The number of nitrogens with zero attached hydrogens (tertiary/aromatic N) is 3. The number of aromatic nitrogens is 2. The van der Waals surface area contributed by atoms with Crippen LogP contribution in [0.4, 0.5) is 5.82 Å². The van der Waals surface area contributed by atoms with Gasteiger partial charge in [-0.05, 0) is 6.42 Å². The van der Waals surface area contributed by atoms with Gasteiger partial charge in [0.2, 0.25) is 0 Å². The maximum absolute atomic E-state index is 9.43. The Hall–Kier alpha value is -1.71. The zero-order chi connectivity index (χ0) is 23.1. The minimum atomic E-state index is -0.468. The molecule has 6 heteroatoms. The molecule has 1 rings (SSSR count). The second kappa shape index (κ2) is 21.2. The Morgan fingerprint density at radius 3 is 1.78 bits per heavy atom. The van der Waals surface area contributed by atoms with E-state index in [0.717, 1.165) is 6.42 Å². The lowest BCUT2D eigenvalue weighted by atomic mass is 10.0. The predicted octanol–water partition coefficient (Wildman–Crippen LogP) is 7.05. The zero-order valence-electron chi connectivity index (χ0n) is 20.3. The molecule has 0 saturated carbocycles. The summed E-state index contributed by atoms with van der Waals surface area (Å²) in [5.41, 5.74) is 0. The van der Waals surface area contributed by atoms with Crippen molar-refractivity contribution in [1.29, 1.82) is 0 Å². The van der Waals surface area contributed by atoms with Crippen LogP contribution in [0.15, 0.2) is 12.4 Å². The van der Waals surface area contributed by atoms with E-state index in [1.807, 2.05) is 0 Å². The Balaban J connectivity index is 1.84.